The summed E-state index contributed by atoms with van der Waals surface area (Å²) in [5.41, 5.74) is 0.297. The molecule has 0 aromatic heterocycles. The molecule has 0 aliphatic carbocycles. The maximum atomic E-state index is 13.6. The summed E-state index contributed by atoms with van der Waals surface area (Å²) < 4.78 is 32.4. The fourth-order valence-electron chi connectivity index (χ4n) is 2.66. The van der Waals surface area contributed by atoms with E-state index in [2.05, 4.69) is 15.2 Å². The highest BCUT2D eigenvalue weighted by molar-refractivity contribution is 14.0. The average Bonchev–Trinajstić information content (AvgIpc) is 2.53. The Morgan fingerprint density at radius 1 is 1.35 bits per heavy atom. The monoisotopic (exact) mass is 439 g/mol. The van der Waals surface area contributed by atoms with Crippen molar-refractivity contribution in [3.63, 3.8) is 0 Å². The molecule has 0 saturated carbocycles. The van der Waals surface area contributed by atoms with Crippen molar-refractivity contribution in [2.45, 2.75) is 32.4 Å². The lowest BCUT2D eigenvalue weighted by molar-refractivity contribution is 0.0263. The summed E-state index contributed by atoms with van der Waals surface area (Å²) in [6, 6.07) is 3.46. The number of guanidine groups is 1. The molecule has 1 N–H and O–H groups in total. The van der Waals surface area contributed by atoms with Crippen LogP contribution in [0.25, 0.3) is 0 Å². The molecule has 1 heterocycles. The van der Waals surface area contributed by atoms with E-state index in [4.69, 9.17) is 4.74 Å². The molecule has 23 heavy (non-hydrogen) atoms. The number of aliphatic imine (C=N–C) groups is 1. The minimum Gasteiger partial charge on any atom is -0.378 e. The van der Waals surface area contributed by atoms with Crippen LogP contribution >= 0.6 is 24.0 Å². The molecule has 2 rings (SSSR count). The summed E-state index contributed by atoms with van der Waals surface area (Å²) >= 11 is 0. The Hall–Kier alpha value is -0.960. The van der Waals surface area contributed by atoms with Gasteiger partial charge in [0.05, 0.1) is 6.10 Å². The number of hydrogen-bond acceptors (Lipinski definition) is 2. The van der Waals surface area contributed by atoms with Crippen LogP contribution in [0.4, 0.5) is 8.78 Å². The zero-order valence-corrected chi connectivity index (χ0v) is 15.8. The zero-order valence-electron chi connectivity index (χ0n) is 13.5. The summed E-state index contributed by atoms with van der Waals surface area (Å²) in [5.74, 6) is -0.149. The van der Waals surface area contributed by atoms with Gasteiger partial charge < -0.3 is 15.0 Å². The number of benzene rings is 1. The molecule has 4 nitrogen and oxygen atoms in total. The van der Waals surface area contributed by atoms with Gasteiger partial charge in [-0.2, -0.15) is 0 Å². The van der Waals surface area contributed by atoms with Gasteiger partial charge >= 0.3 is 0 Å². The highest BCUT2D eigenvalue weighted by Crippen LogP contribution is 2.14. The molecule has 0 amide bonds. The first-order valence-electron chi connectivity index (χ1n) is 7.65. The van der Waals surface area contributed by atoms with Crippen molar-refractivity contribution in [1.82, 2.24) is 10.2 Å². The minimum absolute atomic E-state index is 0. The summed E-state index contributed by atoms with van der Waals surface area (Å²) in [6.45, 7) is 4.63. The van der Waals surface area contributed by atoms with Gasteiger partial charge in [0.1, 0.15) is 11.6 Å². The van der Waals surface area contributed by atoms with Gasteiger partial charge in [-0.15, -0.1) is 24.0 Å². The first-order valence-corrected chi connectivity index (χ1v) is 7.65. The van der Waals surface area contributed by atoms with Gasteiger partial charge in [-0.3, -0.25) is 4.99 Å². The Kier molecular flexibility index (Phi) is 8.75. The van der Waals surface area contributed by atoms with E-state index in [0.717, 1.165) is 44.7 Å². The van der Waals surface area contributed by atoms with Crippen LogP contribution in [0.1, 0.15) is 25.3 Å². The van der Waals surface area contributed by atoms with Crippen LogP contribution in [0.5, 0.6) is 0 Å². The average molecular weight is 439 g/mol. The van der Waals surface area contributed by atoms with Crippen LogP contribution < -0.4 is 5.32 Å². The molecule has 130 valence electrons. The topological polar surface area (TPSA) is 36.9 Å². The standard InChI is InChI=1S/C16H23F2N3O.HI/c1-3-22-14-6-8-21(9-7-14)16(19-2)20-11-12-10-13(17)4-5-15(12)18;/h4-5,10,14H,3,6-9,11H2,1-2H3,(H,19,20);1H. The van der Waals surface area contributed by atoms with Crippen LogP contribution in [-0.2, 0) is 11.3 Å². The van der Waals surface area contributed by atoms with E-state index in [-0.39, 0.29) is 30.5 Å². The number of rotatable bonds is 4. The summed E-state index contributed by atoms with van der Waals surface area (Å²) in [7, 11) is 1.69. The second kappa shape index (κ2) is 10.0. The minimum atomic E-state index is -0.439. The third-order valence-electron chi connectivity index (χ3n) is 3.80. The van der Waals surface area contributed by atoms with E-state index < -0.39 is 11.6 Å². The molecule has 0 radical (unpaired) electrons. The van der Waals surface area contributed by atoms with Crippen molar-refractivity contribution >= 4 is 29.9 Å². The Labute approximate surface area is 153 Å². The maximum absolute atomic E-state index is 13.6. The molecule has 7 heteroatoms. The van der Waals surface area contributed by atoms with Crippen LogP contribution in [0, 0.1) is 11.6 Å². The molecule has 1 fully saturated rings. The Bertz CT molecular complexity index is 520. The van der Waals surface area contributed by atoms with Gasteiger partial charge in [0, 0.05) is 38.9 Å². The molecule has 1 aliphatic heterocycles. The summed E-state index contributed by atoms with van der Waals surface area (Å²) in [6.07, 6.45) is 2.20. The Morgan fingerprint density at radius 3 is 2.65 bits per heavy atom. The lowest BCUT2D eigenvalue weighted by Crippen LogP contribution is -2.46. The lowest BCUT2D eigenvalue weighted by Gasteiger charge is -2.34. The first-order chi connectivity index (χ1) is 10.6. The van der Waals surface area contributed by atoms with E-state index in [0.29, 0.717) is 17.6 Å². The fraction of sp³-hybridized carbons (Fsp3) is 0.562. The number of nitrogens with one attached hydrogen (secondary N) is 1. The Balaban J connectivity index is 0.00000264. The van der Waals surface area contributed by atoms with Gasteiger partial charge in [0.2, 0.25) is 0 Å². The molecule has 1 aliphatic rings. The van der Waals surface area contributed by atoms with E-state index in [9.17, 15) is 8.78 Å². The van der Waals surface area contributed by atoms with Crippen molar-refractivity contribution in [3.05, 3.63) is 35.4 Å². The molecule has 1 aromatic carbocycles. The fourth-order valence-corrected chi connectivity index (χ4v) is 2.66. The third kappa shape index (κ3) is 5.87. The van der Waals surface area contributed by atoms with Crippen molar-refractivity contribution in [2.24, 2.45) is 4.99 Å². The van der Waals surface area contributed by atoms with Gasteiger partial charge in [0.15, 0.2) is 5.96 Å². The van der Waals surface area contributed by atoms with E-state index >= 15 is 0 Å². The third-order valence-corrected chi connectivity index (χ3v) is 3.80. The van der Waals surface area contributed by atoms with Crippen molar-refractivity contribution in [1.29, 1.82) is 0 Å². The summed E-state index contributed by atoms with van der Waals surface area (Å²) in [4.78, 5) is 6.34. The molecule has 1 saturated heterocycles. The quantitative estimate of drug-likeness (QED) is 0.445. The molecule has 0 unspecified atom stereocenters. The first kappa shape index (κ1) is 20.1. The number of nitrogens with zero attached hydrogens (tertiary/aromatic N) is 2. The maximum Gasteiger partial charge on any atom is 0.193 e. The SMILES string of the molecule is CCOC1CCN(C(=NC)NCc2cc(F)ccc2F)CC1.I. The number of ether oxygens (including phenoxy) is 1. The van der Waals surface area contributed by atoms with Crippen LogP contribution in [0.2, 0.25) is 0 Å². The summed E-state index contributed by atoms with van der Waals surface area (Å²) in [5, 5.41) is 3.10. The molecular weight excluding hydrogens is 415 g/mol. The van der Waals surface area contributed by atoms with Crippen LogP contribution in [0.3, 0.4) is 0 Å². The van der Waals surface area contributed by atoms with E-state index in [1.54, 1.807) is 7.05 Å². The number of likely N-dealkylation sites (tertiary alicyclic amines) is 1. The molecule has 0 bridgehead atoms. The number of hydrogen-bond donors (Lipinski definition) is 1. The number of halogens is 3. The second-order valence-electron chi connectivity index (χ2n) is 5.28. The van der Waals surface area contributed by atoms with Gasteiger partial charge in [-0.1, -0.05) is 0 Å². The van der Waals surface area contributed by atoms with Crippen LogP contribution in [0.15, 0.2) is 23.2 Å². The second-order valence-corrected chi connectivity index (χ2v) is 5.28. The smallest absolute Gasteiger partial charge is 0.193 e. The van der Waals surface area contributed by atoms with E-state index in [1.807, 2.05) is 6.92 Å². The largest absolute Gasteiger partial charge is 0.378 e. The molecule has 0 spiro atoms. The van der Waals surface area contributed by atoms with Crippen molar-refractivity contribution in [3.8, 4) is 0 Å². The molecule has 1 aromatic rings. The highest BCUT2D eigenvalue weighted by Gasteiger charge is 2.21. The number of piperidine rings is 1. The predicted molar refractivity (Wildman–Crippen MR) is 98.2 cm³/mol. The Morgan fingerprint density at radius 2 is 2.04 bits per heavy atom. The van der Waals surface area contributed by atoms with Gasteiger partial charge in [0.25, 0.3) is 0 Å². The van der Waals surface area contributed by atoms with E-state index in [1.165, 1.54) is 6.07 Å². The predicted octanol–water partition coefficient (Wildman–Crippen LogP) is 3.16. The highest BCUT2D eigenvalue weighted by atomic mass is 127. The van der Waals surface area contributed by atoms with Crippen molar-refractivity contribution in [2.75, 3.05) is 26.7 Å². The molecule has 0 atom stereocenters. The van der Waals surface area contributed by atoms with Crippen LogP contribution in [-0.4, -0.2) is 43.7 Å². The lowest BCUT2D eigenvalue weighted by atomic mass is 10.1. The normalized spacial score (nSPS) is 16.2. The van der Waals surface area contributed by atoms with Gasteiger partial charge in [-0.25, -0.2) is 8.78 Å². The zero-order chi connectivity index (χ0) is 15.9. The van der Waals surface area contributed by atoms with Crippen molar-refractivity contribution < 1.29 is 13.5 Å². The van der Waals surface area contributed by atoms with Gasteiger partial charge in [-0.05, 0) is 38.0 Å². The molecular formula is C16H24F2IN3O.